The zero-order chi connectivity index (χ0) is 12.8. The van der Waals surface area contributed by atoms with Gasteiger partial charge in [0.05, 0.1) is 12.9 Å². The Labute approximate surface area is 105 Å². The summed E-state index contributed by atoms with van der Waals surface area (Å²) in [5.41, 5.74) is 1.42. The summed E-state index contributed by atoms with van der Waals surface area (Å²) in [4.78, 5) is 15.3. The third-order valence-electron chi connectivity index (χ3n) is 2.36. The minimum atomic E-state index is -0.284. The highest BCUT2D eigenvalue weighted by Crippen LogP contribution is 2.14. The smallest absolute Gasteiger partial charge is 0.182 e. The molecule has 0 bridgehead atoms. The van der Waals surface area contributed by atoms with Crippen LogP contribution in [0.3, 0.4) is 0 Å². The van der Waals surface area contributed by atoms with Crippen LogP contribution in [-0.4, -0.2) is 46.0 Å². The molecule has 18 heavy (non-hydrogen) atoms. The number of anilines is 1. The van der Waals surface area contributed by atoms with Gasteiger partial charge in [-0.05, 0) is 13.8 Å². The molecule has 2 heterocycles. The van der Waals surface area contributed by atoms with Crippen LogP contribution in [0.2, 0.25) is 0 Å². The van der Waals surface area contributed by atoms with Crippen LogP contribution in [0.15, 0.2) is 12.7 Å². The zero-order valence-corrected chi connectivity index (χ0v) is 10.5. The third-order valence-corrected chi connectivity index (χ3v) is 2.36. The maximum absolute atomic E-state index is 5.44. The number of aromatic nitrogens is 4. The van der Waals surface area contributed by atoms with Crippen LogP contribution in [-0.2, 0) is 9.47 Å². The Hall–Kier alpha value is -1.73. The zero-order valence-electron chi connectivity index (χ0n) is 10.5. The van der Waals surface area contributed by atoms with Crippen molar-refractivity contribution < 1.29 is 9.47 Å². The second kappa shape index (κ2) is 6.27. The number of hydrogen-bond donors (Lipinski definition) is 2. The van der Waals surface area contributed by atoms with Gasteiger partial charge in [0.25, 0.3) is 0 Å². The number of nitrogens with zero attached hydrogens (tertiary/aromatic N) is 3. The van der Waals surface area contributed by atoms with Crippen molar-refractivity contribution in [3.05, 3.63) is 12.7 Å². The minimum absolute atomic E-state index is 0.284. The Bertz CT molecular complexity index is 481. The Morgan fingerprint density at radius 1 is 1.22 bits per heavy atom. The highest BCUT2D eigenvalue weighted by molar-refractivity contribution is 5.81. The van der Waals surface area contributed by atoms with Crippen LogP contribution < -0.4 is 5.32 Å². The van der Waals surface area contributed by atoms with Gasteiger partial charge in [-0.2, -0.15) is 0 Å². The second-order valence-electron chi connectivity index (χ2n) is 3.54. The number of aromatic amines is 1. The average Bonchev–Trinajstić information content (AvgIpc) is 2.85. The Balaban J connectivity index is 2.02. The standard InChI is InChI=1S/C11H17N5O2/c1-3-17-8(18-4-2)5-12-10-9-11(14-6-13-9)16-7-15-10/h6-8H,3-5H2,1-2H3,(H2,12,13,14,15,16). The molecule has 0 aromatic carbocycles. The predicted octanol–water partition coefficient (Wildman–Crippen LogP) is 1.16. The SMILES string of the molecule is CCOC(CNc1ncnc2nc[nH]c12)OCC. The number of ether oxygens (including phenoxy) is 2. The molecule has 0 aliphatic rings. The summed E-state index contributed by atoms with van der Waals surface area (Å²) in [7, 11) is 0. The number of hydrogen-bond acceptors (Lipinski definition) is 6. The van der Waals surface area contributed by atoms with Gasteiger partial charge in [-0.15, -0.1) is 0 Å². The Morgan fingerprint density at radius 2 is 2.00 bits per heavy atom. The van der Waals surface area contributed by atoms with Crippen LogP contribution in [0.1, 0.15) is 13.8 Å². The van der Waals surface area contributed by atoms with E-state index in [-0.39, 0.29) is 6.29 Å². The quantitative estimate of drug-likeness (QED) is 0.718. The van der Waals surface area contributed by atoms with Gasteiger partial charge in [0.2, 0.25) is 0 Å². The predicted molar refractivity (Wildman–Crippen MR) is 67.2 cm³/mol. The van der Waals surface area contributed by atoms with Crippen molar-refractivity contribution >= 4 is 17.0 Å². The molecule has 2 aromatic rings. The van der Waals surface area contributed by atoms with E-state index in [1.807, 2.05) is 13.8 Å². The molecule has 0 amide bonds. The number of imidazole rings is 1. The van der Waals surface area contributed by atoms with Crippen molar-refractivity contribution in [1.29, 1.82) is 0 Å². The van der Waals surface area contributed by atoms with Crippen LogP contribution in [0.5, 0.6) is 0 Å². The highest BCUT2D eigenvalue weighted by Gasteiger charge is 2.10. The first-order chi connectivity index (χ1) is 8.85. The third kappa shape index (κ3) is 2.93. The van der Waals surface area contributed by atoms with Crippen molar-refractivity contribution in [1.82, 2.24) is 19.9 Å². The maximum atomic E-state index is 5.44. The molecule has 0 aliphatic heterocycles. The molecule has 7 nitrogen and oxygen atoms in total. The van der Waals surface area contributed by atoms with E-state index in [1.54, 1.807) is 6.33 Å². The lowest BCUT2D eigenvalue weighted by molar-refractivity contribution is -0.126. The molecule has 0 unspecified atom stereocenters. The molecule has 2 N–H and O–H groups in total. The molecule has 0 fully saturated rings. The summed E-state index contributed by atoms with van der Waals surface area (Å²) in [6.07, 6.45) is 2.78. The van der Waals surface area contributed by atoms with E-state index in [0.29, 0.717) is 31.2 Å². The van der Waals surface area contributed by atoms with Crippen LogP contribution in [0, 0.1) is 0 Å². The molecule has 2 aromatic heterocycles. The first kappa shape index (κ1) is 12.7. The topological polar surface area (TPSA) is 85.0 Å². The second-order valence-corrected chi connectivity index (χ2v) is 3.54. The van der Waals surface area contributed by atoms with E-state index in [1.165, 1.54) is 6.33 Å². The van der Waals surface area contributed by atoms with E-state index in [9.17, 15) is 0 Å². The number of H-pyrrole nitrogens is 1. The Morgan fingerprint density at radius 3 is 2.72 bits per heavy atom. The average molecular weight is 251 g/mol. The summed E-state index contributed by atoms with van der Waals surface area (Å²) in [5.74, 6) is 0.696. The van der Waals surface area contributed by atoms with Crippen molar-refractivity contribution in [2.75, 3.05) is 25.1 Å². The van der Waals surface area contributed by atoms with Crippen LogP contribution in [0.25, 0.3) is 11.2 Å². The molecule has 98 valence electrons. The molecule has 0 saturated carbocycles. The molecule has 7 heteroatoms. The van der Waals surface area contributed by atoms with Crippen LogP contribution >= 0.6 is 0 Å². The number of rotatable bonds is 7. The molecular formula is C11H17N5O2. The molecule has 0 saturated heterocycles. The summed E-state index contributed by atoms with van der Waals surface area (Å²) in [6, 6.07) is 0. The van der Waals surface area contributed by atoms with E-state index in [2.05, 4.69) is 25.3 Å². The van der Waals surface area contributed by atoms with Gasteiger partial charge in [-0.25, -0.2) is 15.0 Å². The fourth-order valence-corrected chi connectivity index (χ4v) is 1.62. The molecule has 0 spiro atoms. The van der Waals surface area contributed by atoms with Crippen LogP contribution in [0.4, 0.5) is 5.82 Å². The summed E-state index contributed by atoms with van der Waals surface area (Å²) < 4.78 is 10.9. The van der Waals surface area contributed by atoms with Gasteiger partial charge in [0, 0.05) is 13.2 Å². The Kier molecular flexibility index (Phi) is 4.43. The molecule has 0 aliphatic carbocycles. The van der Waals surface area contributed by atoms with E-state index >= 15 is 0 Å². The van der Waals surface area contributed by atoms with Gasteiger partial charge >= 0.3 is 0 Å². The molecule has 0 radical (unpaired) electrons. The van der Waals surface area contributed by atoms with Gasteiger partial charge in [-0.3, -0.25) is 0 Å². The lowest BCUT2D eigenvalue weighted by atomic mass is 10.4. The lowest BCUT2D eigenvalue weighted by Gasteiger charge is -2.17. The van der Waals surface area contributed by atoms with Gasteiger partial charge in [0.15, 0.2) is 17.8 Å². The summed E-state index contributed by atoms with van der Waals surface area (Å²) in [6.45, 7) is 5.60. The fraction of sp³-hybridized carbons (Fsp3) is 0.545. The first-order valence-electron chi connectivity index (χ1n) is 5.96. The molecule has 2 rings (SSSR count). The normalized spacial score (nSPS) is 11.3. The summed E-state index contributed by atoms with van der Waals surface area (Å²) >= 11 is 0. The lowest BCUT2D eigenvalue weighted by Crippen LogP contribution is -2.26. The fourth-order valence-electron chi connectivity index (χ4n) is 1.62. The van der Waals surface area contributed by atoms with Crippen molar-refractivity contribution in [2.45, 2.75) is 20.1 Å². The first-order valence-corrected chi connectivity index (χ1v) is 5.96. The molecule has 0 atom stereocenters. The number of nitrogens with one attached hydrogen (secondary N) is 2. The van der Waals surface area contributed by atoms with Crippen molar-refractivity contribution in [3.63, 3.8) is 0 Å². The maximum Gasteiger partial charge on any atom is 0.182 e. The van der Waals surface area contributed by atoms with Crippen molar-refractivity contribution in [2.24, 2.45) is 0 Å². The van der Waals surface area contributed by atoms with Gasteiger partial charge in [0.1, 0.15) is 11.8 Å². The molecular weight excluding hydrogens is 234 g/mol. The van der Waals surface area contributed by atoms with E-state index in [0.717, 1.165) is 5.52 Å². The van der Waals surface area contributed by atoms with E-state index < -0.39 is 0 Å². The number of fused-ring (bicyclic) bond motifs is 1. The largest absolute Gasteiger partial charge is 0.363 e. The van der Waals surface area contributed by atoms with E-state index in [4.69, 9.17) is 9.47 Å². The summed E-state index contributed by atoms with van der Waals surface area (Å²) in [5, 5.41) is 3.17. The van der Waals surface area contributed by atoms with Gasteiger partial charge in [-0.1, -0.05) is 0 Å². The van der Waals surface area contributed by atoms with Gasteiger partial charge < -0.3 is 19.8 Å². The minimum Gasteiger partial charge on any atom is -0.363 e. The monoisotopic (exact) mass is 251 g/mol. The van der Waals surface area contributed by atoms with Crippen molar-refractivity contribution in [3.8, 4) is 0 Å². The highest BCUT2D eigenvalue weighted by atomic mass is 16.7.